The number of nitrogens with one attached hydrogen (secondary N) is 9. The Hall–Kier alpha value is -11.2. The van der Waals surface area contributed by atoms with Crippen molar-refractivity contribution in [2.75, 3.05) is 40.8 Å². The molecule has 34 heteroatoms. The summed E-state index contributed by atoms with van der Waals surface area (Å²) in [7, 11) is 5.07. The molecule has 0 saturated carbocycles. The van der Waals surface area contributed by atoms with Crippen LogP contribution in [0.25, 0.3) is 11.1 Å². The third-order valence-electron chi connectivity index (χ3n) is 20.8. The van der Waals surface area contributed by atoms with Crippen LogP contribution in [0.15, 0.2) is 115 Å². The van der Waals surface area contributed by atoms with Gasteiger partial charge >= 0.3 is 0 Å². The molecule has 14 rings (SSSR count). The molecule has 18 N–H and O–H groups in total. The van der Waals surface area contributed by atoms with E-state index in [9.17, 15) is 60.3 Å². The molecule has 0 radical (unpaired) electrons. The molecule has 7 aliphatic rings. The van der Waals surface area contributed by atoms with E-state index in [-0.39, 0.29) is 80.8 Å². The van der Waals surface area contributed by atoms with E-state index in [0.29, 0.717) is 31.4 Å². The summed E-state index contributed by atoms with van der Waals surface area (Å²) in [4.78, 5) is 125. The number of hydrogen-bond acceptors (Lipinski definition) is 24. The van der Waals surface area contributed by atoms with Gasteiger partial charge in [0.15, 0.2) is 23.0 Å². The molecule has 7 aromatic carbocycles. The summed E-state index contributed by atoms with van der Waals surface area (Å²) in [6, 6.07) is 7.84. The number of unbranched alkanes of at least 4 members (excludes halogenated alkanes) is 8. The number of hydrogen-bond donors (Lipinski definition) is 18. The fourth-order valence-electron chi connectivity index (χ4n) is 14.6. The van der Waals surface area contributed by atoms with Crippen LogP contribution in [0.4, 0.5) is 0 Å². The Morgan fingerprint density at radius 1 is 0.569 bits per heavy atom. The highest BCUT2D eigenvalue weighted by atomic mass is 35.5. The number of rotatable bonds is 20. The predicted molar refractivity (Wildman–Crippen MR) is 419 cm³/mol. The largest absolute Gasteiger partial charge is 0.508 e. The van der Waals surface area contributed by atoms with Crippen molar-refractivity contribution in [2.24, 2.45) is 0 Å². The van der Waals surface area contributed by atoms with Crippen LogP contribution in [0.1, 0.15) is 153 Å². The first kappa shape index (κ1) is 84.2. The van der Waals surface area contributed by atoms with E-state index in [0.717, 1.165) is 106 Å². The number of aromatic hydroxyl groups is 5. The zero-order chi connectivity index (χ0) is 82.9. The first-order valence-electron chi connectivity index (χ1n) is 38.1. The van der Waals surface area contributed by atoms with Gasteiger partial charge in [0.25, 0.3) is 0 Å². The van der Waals surface area contributed by atoms with Gasteiger partial charge in [-0.05, 0) is 147 Å². The maximum absolute atomic E-state index is 16.6. The Kier molecular flexibility index (Phi) is 27.0. The molecule has 13 atom stereocenters. The average molecular weight is 1640 g/mol. The zero-order valence-electron chi connectivity index (χ0n) is 63.6. The second-order valence-corrected chi connectivity index (χ2v) is 30.2. The van der Waals surface area contributed by atoms with E-state index >= 15 is 24.0 Å². The van der Waals surface area contributed by atoms with E-state index in [4.69, 9.17) is 46.9 Å². The fourth-order valence-corrected chi connectivity index (χ4v) is 15.1. The number of halogens is 2. The molecule has 1 fully saturated rings. The summed E-state index contributed by atoms with van der Waals surface area (Å²) in [5.41, 5.74) is -1.82. The lowest BCUT2D eigenvalue weighted by Gasteiger charge is -2.42. The van der Waals surface area contributed by atoms with Crippen molar-refractivity contribution >= 4 is 70.5 Å². The molecule has 7 aliphatic heterocycles. The van der Waals surface area contributed by atoms with Crippen molar-refractivity contribution in [3.8, 4) is 80.1 Å². The minimum atomic E-state index is -2.32. The van der Waals surface area contributed by atoms with Gasteiger partial charge in [-0.1, -0.05) is 112 Å². The molecule has 116 heavy (non-hydrogen) atoms. The molecule has 7 aromatic rings. The third-order valence-corrected chi connectivity index (χ3v) is 21.5. The van der Waals surface area contributed by atoms with Crippen LogP contribution in [-0.4, -0.2) is 182 Å². The summed E-state index contributed by atoms with van der Waals surface area (Å²) in [5, 5.41) is 128. The smallest absolute Gasteiger partial charge is 0.248 e. The van der Waals surface area contributed by atoms with E-state index in [1.165, 1.54) is 61.6 Å². The van der Waals surface area contributed by atoms with Crippen molar-refractivity contribution in [1.82, 2.24) is 52.8 Å². The predicted octanol–water partition coefficient (Wildman–Crippen LogP) is 6.75. The molecular formula is C82H92Cl2N10O22. The monoisotopic (exact) mass is 1640 g/mol. The first-order chi connectivity index (χ1) is 55.6. The molecule has 32 nitrogen and oxygen atoms in total. The third kappa shape index (κ3) is 19.2. The van der Waals surface area contributed by atoms with E-state index in [2.05, 4.69) is 54.8 Å². The fraction of sp³-hybridized carbons (Fsp3) is 0.390. The highest BCUT2D eigenvalue weighted by Gasteiger charge is 2.48. The molecule has 17 bridgehead atoms. The van der Waals surface area contributed by atoms with Crippen molar-refractivity contribution in [2.45, 2.75) is 163 Å². The number of fused-ring (bicyclic) bond motifs is 14. The minimum absolute atomic E-state index is 0.0140. The van der Waals surface area contributed by atoms with Crippen molar-refractivity contribution in [3.63, 3.8) is 0 Å². The maximum Gasteiger partial charge on any atom is 0.248 e. The number of aliphatic hydroxyl groups is 4. The van der Waals surface area contributed by atoms with Gasteiger partial charge in [0.2, 0.25) is 59.3 Å². The number of phenols is 5. The van der Waals surface area contributed by atoms with Crippen LogP contribution in [0.2, 0.25) is 10.0 Å². The number of nitrogens with zero attached hydrogens (tertiary/aromatic N) is 1. The average Bonchev–Trinajstić information content (AvgIpc) is 0.763. The summed E-state index contributed by atoms with van der Waals surface area (Å²) >= 11 is 14.2. The Morgan fingerprint density at radius 3 is 1.91 bits per heavy atom. The topological polar surface area (TPSA) is 476 Å². The number of benzene rings is 7. The summed E-state index contributed by atoms with van der Waals surface area (Å²) in [5.74, 6) is -14.5. The summed E-state index contributed by atoms with van der Waals surface area (Å²) in [6.45, 7) is 1.73. The first-order valence-corrected chi connectivity index (χ1v) is 38.9. The van der Waals surface area contributed by atoms with Crippen molar-refractivity contribution in [3.05, 3.63) is 164 Å². The number of ether oxygens (including phenoxy) is 5. The number of likely N-dealkylation sites (N-methyl/N-ethyl adjacent to an activating group) is 1. The summed E-state index contributed by atoms with van der Waals surface area (Å²) in [6.07, 6.45) is -1.06. The lowest BCUT2D eigenvalue weighted by Crippen LogP contribution is -2.65. The Balaban J connectivity index is 1.08. The highest BCUT2D eigenvalue weighted by Crippen LogP contribution is 2.50. The molecule has 616 valence electrons. The van der Waals surface area contributed by atoms with Gasteiger partial charge in [-0.3, -0.25) is 38.4 Å². The minimum Gasteiger partial charge on any atom is -0.508 e. The quantitative estimate of drug-likeness (QED) is 0.0351. The van der Waals surface area contributed by atoms with Crippen molar-refractivity contribution < 1.29 is 108 Å². The van der Waals surface area contributed by atoms with Crippen molar-refractivity contribution in [1.29, 1.82) is 0 Å². The van der Waals surface area contributed by atoms with Gasteiger partial charge in [0.1, 0.15) is 113 Å². The van der Waals surface area contributed by atoms with Gasteiger partial charge < -0.3 is 122 Å². The van der Waals surface area contributed by atoms with Crippen LogP contribution >= 0.6 is 23.2 Å². The Labute approximate surface area is 676 Å². The number of amides is 8. The van der Waals surface area contributed by atoms with Gasteiger partial charge in [0, 0.05) is 48.2 Å². The SMILES string of the molecule is CCCCCCCCCCCC(=O)N[C@H]1[C@H](Oc2c3cc4cc2Oc2ccc(cc2Cl)[C@@H](O)[C@@H]2NC(=O)[C@H](NC(=O)[C@@H]4NC(=O)[C@H]4NC(=O)[C@@H](Cc5ccc(cc5)O3)NC(=O)[C@@H](NC)c3ccc(O)c(c3)Oc3cc(O)c(Cl)c4c3)c3ccc(O)c(c3)-c3c(O)cc(O)cc3[C@H](C(=O)NCCCN(C)C)NC2=O)O[C@H](CO)[C@@H](O)[C@@H]1O. The second-order valence-electron chi connectivity index (χ2n) is 29.4. The van der Waals surface area contributed by atoms with Crippen LogP contribution in [0.3, 0.4) is 0 Å². The Morgan fingerprint density at radius 2 is 1.21 bits per heavy atom. The molecule has 1 saturated heterocycles. The van der Waals surface area contributed by atoms with E-state index < -0.39 is 195 Å². The van der Waals surface area contributed by atoms with Crippen LogP contribution in [0.5, 0.6) is 69.0 Å². The van der Waals surface area contributed by atoms with E-state index in [1.807, 2.05) is 4.90 Å². The lowest BCUT2D eigenvalue weighted by molar-refractivity contribution is -0.244. The molecule has 0 spiro atoms. The molecule has 0 unspecified atom stereocenters. The lowest BCUT2D eigenvalue weighted by atomic mass is 9.89. The molecule has 7 heterocycles. The van der Waals surface area contributed by atoms with Gasteiger partial charge in [-0.15, -0.1) is 0 Å². The highest BCUT2D eigenvalue weighted by molar-refractivity contribution is 6.33. The van der Waals surface area contributed by atoms with Crippen LogP contribution < -0.4 is 66.8 Å². The van der Waals surface area contributed by atoms with Gasteiger partial charge in [-0.2, -0.15) is 0 Å². The van der Waals surface area contributed by atoms with Gasteiger partial charge in [0.05, 0.1) is 16.7 Å². The summed E-state index contributed by atoms with van der Waals surface area (Å²) < 4.78 is 32.8. The van der Waals surface area contributed by atoms with Crippen LogP contribution in [0, 0.1) is 0 Å². The standard InChI is InChI=1S/C82H92Cl2N10O22/c1-5-6-7-8-9-10-11-12-13-15-61(101)88-70-73(104)72(103)60(38-95)115-82(70)116-74-58-32-43-33-59(74)114-56-25-20-42(30-50(56)83)71(102)69-81(111)92-67(76(106)86-26-14-27-94(3)4)48-34-44(96)35-54(99)62(48)47-29-40(18-23-52(47)97)65(78(108)93-69)89-79(109)66(43)90-80(110)68-49-36-46(37-55(100)63(49)84)113-57-31-41(19-24-53(57)98)64(85-2)77(107)87-51(75(105)91-68)28-39-16-21-45(112-58)22-17-39/h16-25,29-37,51,60,64-73,82,85,95-100,102-104H,5-15,26-28,38H2,1-4H3,(H,86,106)(H,87,107)(H,88,101)(H,89,109)(H,90,110)(H,91,105)(H,92,111)(H,93,108)/t51-,60-,64+,65-,66-,67-,68+,69+,70-,71-,72-,73-,82+/m1/s1. The number of phenolic OH excluding ortho intramolecular Hbond substituents is 5. The molecular weight excluding hydrogens is 1550 g/mol. The second kappa shape index (κ2) is 37.2. The van der Waals surface area contributed by atoms with E-state index in [1.54, 1.807) is 14.1 Å². The molecule has 8 amide bonds. The normalized spacial score (nSPS) is 23.3. The number of carbonyl (C=O) groups is 8. The number of aliphatic hydroxyl groups excluding tert-OH is 4. The van der Waals surface area contributed by atoms with Crippen LogP contribution in [-0.2, 0) is 49.5 Å². The maximum atomic E-state index is 16.6. The number of carbonyl (C=O) groups excluding carboxylic acids is 8. The Bertz CT molecular complexity index is 4860. The molecule has 0 aromatic heterocycles. The van der Waals surface area contributed by atoms with Gasteiger partial charge in [-0.25, -0.2) is 0 Å². The molecule has 0 aliphatic carbocycles. The zero-order valence-corrected chi connectivity index (χ0v) is 65.1.